The van der Waals surface area contributed by atoms with Gasteiger partial charge in [-0.1, -0.05) is 36.4 Å². The lowest BCUT2D eigenvalue weighted by molar-refractivity contribution is 0.0447. The molecule has 4 nitrogen and oxygen atoms in total. The van der Waals surface area contributed by atoms with Gasteiger partial charge in [0.25, 0.3) is 5.91 Å². The van der Waals surface area contributed by atoms with Crippen LogP contribution in [0.2, 0.25) is 0 Å². The largest absolute Gasteiger partial charge is 0.391 e. The van der Waals surface area contributed by atoms with Crippen molar-refractivity contribution in [3.63, 3.8) is 0 Å². The molecule has 3 aromatic carbocycles. The molecule has 2 N–H and O–H groups in total. The van der Waals surface area contributed by atoms with E-state index >= 15 is 0 Å². The predicted octanol–water partition coefficient (Wildman–Crippen LogP) is 3.83. The van der Waals surface area contributed by atoms with Crippen molar-refractivity contribution in [3.8, 4) is 11.1 Å². The highest BCUT2D eigenvalue weighted by Gasteiger charge is 2.30. The van der Waals surface area contributed by atoms with Crippen LogP contribution in [0.15, 0.2) is 60.7 Å². The van der Waals surface area contributed by atoms with Crippen LogP contribution < -0.4 is 10.2 Å². The van der Waals surface area contributed by atoms with E-state index in [1.165, 1.54) is 0 Å². The molecule has 0 saturated heterocycles. The summed E-state index contributed by atoms with van der Waals surface area (Å²) in [5, 5.41) is 14.8. The zero-order chi connectivity index (χ0) is 19.0. The van der Waals surface area contributed by atoms with Crippen LogP contribution >= 0.6 is 0 Å². The first kappa shape index (κ1) is 17.6. The minimum absolute atomic E-state index is 0.117. The molecule has 0 bridgehead atoms. The van der Waals surface area contributed by atoms with Gasteiger partial charge in [0.15, 0.2) is 0 Å². The maximum Gasteiger partial charge on any atom is 0.251 e. The van der Waals surface area contributed by atoms with Crippen LogP contribution in [0.4, 0.5) is 5.69 Å². The van der Waals surface area contributed by atoms with Crippen LogP contribution in [0.5, 0.6) is 0 Å². The van der Waals surface area contributed by atoms with Gasteiger partial charge in [-0.2, -0.15) is 0 Å². The molecule has 0 unspecified atom stereocenters. The number of carbonyl (C=O) groups is 1. The summed E-state index contributed by atoms with van der Waals surface area (Å²) in [5.41, 5.74) is 4.08. The fraction of sp³-hybridized carbons (Fsp3) is 0.261. The van der Waals surface area contributed by atoms with E-state index < -0.39 is 6.10 Å². The van der Waals surface area contributed by atoms with Gasteiger partial charge in [0.2, 0.25) is 0 Å². The molecule has 1 aliphatic rings. The molecule has 27 heavy (non-hydrogen) atoms. The number of fused-ring (bicyclic) bond motifs is 1. The SMILES string of the molecule is CN(C)c1cccc(-c2cccc3cc(C(=O)N[C@H]4CC[C@H]4O)ccc23)c1. The fourth-order valence-corrected chi connectivity index (χ4v) is 3.53. The van der Waals surface area contributed by atoms with Crippen molar-refractivity contribution in [1.29, 1.82) is 0 Å². The van der Waals surface area contributed by atoms with Gasteiger partial charge in [0, 0.05) is 25.3 Å². The van der Waals surface area contributed by atoms with Gasteiger partial charge in [-0.25, -0.2) is 0 Å². The summed E-state index contributed by atoms with van der Waals surface area (Å²) in [7, 11) is 4.07. The van der Waals surface area contributed by atoms with Crippen molar-refractivity contribution in [1.82, 2.24) is 5.32 Å². The molecule has 1 aliphatic carbocycles. The molecule has 1 amide bonds. The maximum atomic E-state index is 12.5. The first-order chi connectivity index (χ1) is 13.0. The minimum Gasteiger partial charge on any atom is -0.391 e. The lowest BCUT2D eigenvalue weighted by atomic mass is 9.89. The lowest BCUT2D eigenvalue weighted by Gasteiger charge is -2.32. The number of hydrogen-bond donors (Lipinski definition) is 2. The monoisotopic (exact) mass is 360 g/mol. The summed E-state index contributed by atoms with van der Waals surface area (Å²) >= 11 is 0. The van der Waals surface area contributed by atoms with Crippen molar-refractivity contribution in [2.24, 2.45) is 0 Å². The first-order valence-electron chi connectivity index (χ1n) is 9.32. The highest BCUT2D eigenvalue weighted by molar-refractivity contribution is 6.03. The molecule has 138 valence electrons. The van der Waals surface area contributed by atoms with E-state index in [1.807, 2.05) is 44.4 Å². The van der Waals surface area contributed by atoms with Crippen molar-refractivity contribution in [3.05, 3.63) is 66.2 Å². The number of aliphatic hydroxyl groups excluding tert-OH is 1. The van der Waals surface area contributed by atoms with E-state index in [0.717, 1.165) is 40.4 Å². The Morgan fingerprint density at radius 1 is 1.04 bits per heavy atom. The molecular weight excluding hydrogens is 336 g/mol. The van der Waals surface area contributed by atoms with Gasteiger partial charge in [-0.3, -0.25) is 4.79 Å². The second kappa shape index (κ2) is 7.05. The molecule has 0 heterocycles. The van der Waals surface area contributed by atoms with Crippen LogP contribution in [0.25, 0.3) is 21.9 Å². The number of aliphatic hydroxyl groups is 1. The smallest absolute Gasteiger partial charge is 0.251 e. The third-order valence-corrected chi connectivity index (χ3v) is 5.37. The van der Waals surface area contributed by atoms with Gasteiger partial charge < -0.3 is 15.3 Å². The summed E-state index contributed by atoms with van der Waals surface area (Å²) in [5.74, 6) is -0.124. The van der Waals surface area contributed by atoms with Crippen LogP contribution in [0.1, 0.15) is 23.2 Å². The van der Waals surface area contributed by atoms with Gasteiger partial charge in [-0.15, -0.1) is 0 Å². The second-order valence-electron chi connectivity index (χ2n) is 7.41. The molecule has 0 spiro atoms. The Morgan fingerprint density at radius 3 is 2.56 bits per heavy atom. The molecule has 1 fully saturated rings. The number of amides is 1. The summed E-state index contributed by atoms with van der Waals surface area (Å²) in [4.78, 5) is 14.6. The van der Waals surface area contributed by atoms with Crippen LogP contribution in [-0.2, 0) is 0 Å². The Balaban J connectivity index is 1.68. The summed E-state index contributed by atoms with van der Waals surface area (Å²) in [6, 6.07) is 20.3. The molecule has 0 aromatic heterocycles. The van der Waals surface area contributed by atoms with Gasteiger partial charge in [0.05, 0.1) is 12.1 Å². The number of hydrogen-bond acceptors (Lipinski definition) is 3. The zero-order valence-corrected chi connectivity index (χ0v) is 15.6. The predicted molar refractivity (Wildman–Crippen MR) is 110 cm³/mol. The molecule has 4 heteroatoms. The fourth-order valence-electron chi connectivity index (χ4n) is 3.53. The van der Waals surface area contributed by atoms with Gasteiger partial charge in [0.1, 0.15) is 0 Å². The van der Waals surface area contributed by atoms with E-state index in [2.05, 4.69) is 40.5 Å². The van der Waals surface area contributed by atoms with Crippen molar-refractivity contribution in [2.75, 3.05) is 19.0 Å². The Morgan fingerprint density at radius 2 is 1.85 bits per heavy atom. The molecule has 0 radical (unpaired) electrons. The average Bonchev–Trinajstić information content (AvgIpc) is 2.69. The summed E-state index contributed by atoms with van der Waals surface area (Å²) in [6.45, 7) is 0. The van der Waals surface area contributed by atoms with E-state index in [9.17, 15) is 9.90 Å². The molecule has 4 rings (SSSR count). The Kier molecular flexibility index (Phi) is 4.58. The topological polar surface area (TPSA) is 52.6 Å². The number of rotatable bonds is 4. The molecule has 1 saturated carbocycles. The maximum absolute atomic E-state index is 12.5. The second-order valence-corrected chi connectivity index (χ2v) is 7.41. The summed E-state index contributed by atoms with van der Waals surface area (Å²) in [6.07, 6.45) is 1.19. The third-order valence-electron chi connectivity index (χ3n) is 5.37. The standard InChI is InChI=1S/C23H24N2O2/c1-25(2)18-7-3-5-16(14-18)19-8-4-6-15-13-17(9-10-20(15)19)23(27)24-21-11-12-22(21)26/h3-10,13-14,21-22,26H,11-12H2,1-2H3,(H,24,27)/t21-,22+/m0/s1. The van der Waals surface area contributed by atoms with Crippen molar-refractivity contribution in [2.45, 2.75) is 25.0 Å². The van der Waals surface area contributed by atoms with Crippen LogP contribution in [0, 0.1) is 0 Å². The Hall–Kier alpha value is -2.85. The summed E-state index contributed by atoms with van der Waals surface area (Å²) < 4.78 is 0. The number of benzene rings is 3. The number of nitrogens with zero attached hydrogens (tertiary/aromatic N) is 1. The van der Waals surface area contributed by atoms with Crippen molar-refractivity contribution >= 4 is 22.4 Å². The molecule has 2 atom stereocenters. The normalized spacial score (nSPS) is 18.8. The number of anilines is 1. The molecule has 0 aliphatic heterocycles. The zero-order valence-electron chi connectivity index (χ0n) is 15.6. The number of carbonyl (C=O) groups excluding carboxylic acids is 1. The van der Waals surface area contributed by atoms with E-state index in [0.29, 0.717) is 5.56 Å². The molecule has 3 aromatic rings. The highest BCUT2D eigenvalue weighted by Crippen LogP contribution is 2.31. The van der Waals surface area contributed by atoms with Crippen molar-refractivity contribution < 1.29 is 9.90 Å². The van der Waals surface area contributed by atoms with E-state index in [-0.39, 0.29) is 11.9 Å². The minimum atomic E-state index is -0.412. The lowest BCUT2D eigenvalue weighted by Crippen LogP contribution is -2.50. The Labute approximate surface area is 159 Å². The van der Waals surface area contributed by atoms with Gasteiger partial charge in [-0.05, 0) is 59.0 Å². The average molecular weight is 360 g/mol. The highest BCUT2D eigenvalue weighted by atomic mass is 16.3. The third kappa shape index (κ3) is 3.40. The molecular formula is C23H24N2O2. The first-order valence-corrected chi connectivity index (χ1v) is 9.32. The van der Waals surface area contributed by atoms with E-state index in [1.54, 1.807) is 0 Å². The van der Waals surface area contributed by atoms with Gasteiger partial charge >= 0.3 is 0 Å². The quantitative estimate of drug-likeness (QED) is 0.744. The van der Waals surface area contributed by atoms with Crippen LogP contribution in [0.3, 0.4) is 0 Å². The number of nitrogens with one attached hydrogen (secondary N) is 1. The van der Waals surface area contributed by atoms with E-state index in [4.69, 9.17) is 0 Å². The Bertz CT molecular complexity index is 997. The van der Waals surface area contributed by atoms with Crippen LogP contribution in [-0.4, -0.2) is 37.3 Å².